The zero-order valence-corrected chi connectivity index (χ0v) is 17.3. The maximum absolute atomic E-state index is 12.7. The first kappa shape index (κ1) is 20.6. The summed E-state index contributed by atoms with van der Waals surface area (Å²) < 4.78 is 5.41. The Hall–Kier alpha value is -3.12. The number of anilines is 1. The van der Waals surface area contributed by atoms with Crippen molar-refractivity contribution in [1.82, 2.24) is 4.98 Å². The van der Waals surface area contributed by atoms with Crippen molar-refractivity contribution >= 4 is 29.3 Å². The Morgan fingerprint density at radius 3 is 2.52 bits per heavy atom. The highest BCUT2D eigenvalue weighted by Crippen LogP contribution is 2.29. The summed E-state index contributed by atoms with van der Waals surface area (Å²) in [6.07, 6.45) is 0.677. The molecule has 0 radical (unpaired) electrons. The molecule has 0 bridgehead atoms. The van der Waals surface area contributed by atoms with Crippen molar-refractivity contribution in [1.29, 1.82) is 0 Å². The van der Waals surface area contributed by atoms with Crippen molar-refractivity contribution in [2.24, 2.45) is 0 Å². The molecule has 6 heteroatoms. The van der Waals surface area contributed by atoms with E-state index in [-0.39, 0.29) is 5.91 Å². The van der Waals surface area contributed by atoms with Crippen LogP contribution in [0.4, 0.5) is 5.69 Å². The van der Waals surface area contributed by atoms with E-state index < -0.39 is 12.1 Å². The first-order valence-electron chi connectivity index (χ1n) is 9.21. The lowest BCUT2D eigenvalue weighted by Gasteiger charge is -2.16. The molecule has 0 saturated heterocycles. The van der Waals surface area contributed by atoms with Crippen molar-refractivity contribution in [3.63, 3.8) is 0 Å². The summed E-state index contributed by atoms with van der Waals surface area (Å²) in [5, 5.41) is 3.34. The number of rotatable bonds is 6. The number of carbonyl (C=O) groups excluding carboxylic acids is 2. The molecule has 0 saturated carbocycles. The zero-order valence-electron chi connectivity index (χ0n) is 16.5. The van der Waals surface area contributed by atoms with Gasteiger partial charge in [0.05, 0.1) is 5.56 Å². The molecule has 1 unspecified atom stereocenters. The number of esters is 1. The second-order valence-electron chi connectivity index (χ2n) is 6.63. The third-order valence-electron chi connectivity index (χ3n) is 4.24. The van der Waals surface area contributed by atoms with Crippen LogP contribution in [0.15, 0.2) is 76.8 Å². The van der Waals surface area contributed by atoms with Crippen LogP contribution in [0.3, 0.4) is 0 Å². The van der Waals surface area contributed by atoms with Crippen LogP contribution in [-0.2, 0) is 9.53 Å². The minimum atomic E-state index is -0.946. The predicted octanol–water partition coefficient (Wildman–Crippen LogP) is 5.03. The van der Waals surface area contributed by atoms with E-state index in [0.29, 0.717) is 16.3 Å². The van der Waals surface area contributed by atoms with Crippen LogP contribution in [0.5, 0.6) is 0 Å². The third-order valence-corrected chi connectivity index (χ3v) is 5.27. The molecule has 0 aliphatic rings. The molecule has 0 aliphatic carbocycles. The Bertz CT molecular complexity index is 1020. The van der Waals surface area contributed by atoms with E-state index in [1.165, 1.54) is 11.8 Å². The maximum atomic E-state index is 12.7. The van der Waals surface area contributed by atoms with E-state index in [9.17, 15) is 9.59 Å². The standard InChI is InChI=1S/C23H22N2O3S/c1-15-11-12-20(16(2)14-15)25-21(26)17(3)28-23(27)19-10-7-13-24-22(19)29-18-8-5-4-6-9-18/h4-14,17H,1-3H3,(H,25,26). The molecule has 5 nitrogen and oxygen atoms in total. The number of nitrogens with one attached hydrogen (secondary N) is 1. The number of nitrogens with zero attached hydrogens (tertiary/aromatic N) is 1. The van der Waals surface area contributed by atoms with Gasteiger partial charge in [-0.2, -0.15) is 0 Å². The van der Waals surface area contributed by atoms with Gasteiger partial charge >= 0.3 is 5.97 Å². The van der Waals surface area contributed by atoms with E-state index in [0.717, 1.165) is 16.0 Å². The van der Waals surface area contributed by atoms with Gasteiger partial charge in [0, 0.05) is 16.8 Å². The third kappa shape index (κ3) is 5.45. The highest BCUT2D eigenvalue weighted by Gasteiger charge is 2.22. The molecule has 0 fully saturated rings. The van der Waals surface area contributed by atoms with Gasteiger partial charge in [-0.05, 0) is 56.7 Å². The molecule has 1 atom stereocenters. The maximum Gasteiger partial charge on any atom is 0.341 e. The number of aromatic nitrogens is 1. The van der Waals surface area contributed by atoms with Crippen LogP contribution < -0.4 is 5.32 Å². The largest absolute Gasteiger partial charge is 0.449 e. The van der Waals surface area contributed by atoms with Gasteiger partial charge < -0.3 is 10.1 Å². The topological polar surface area (TPSA) is 68.3 Å². The summed E-state index contributed by atoms with van der Waals surface area (Å²) in [7, 11) is 0. The summed E-state index contributed by atoms with van der Waals surface area (Å²) in [4.78, 5) is 30.4. The molecule has 1 aromatic heterocycles. The fraction of sp³-hybridized carbons (Fsp3) is 0.174. The van der Waals surface area contributed by atoms with E-state index in [2.05, 4.69) is 10.3 Å². The van der Waals surface area contributed by atoms with Crippen LogP contribution in [0.1, 0.15) is 28.4 Å². The molecule has 29 heavy (non-hydrogen) atoms. The van der Waals surface area contributed by atoms with Crippen LogP contribution >= 0.6 is 11.8 Å². The number of hydrogen-bond donors (Lipinski definition) is 1. The second kappa shape index (κ2) is 9.39. The van der Waals surface area contributed by atoms with E-state index in [1.807, 2.05) is 62.4 Å². The molecule has 1 heterocycles. The predicted molar refractivity (Wildman–Crippen MR) is 114 cm³/mol. The molecule has 148 valence electrons. The van der Waals surface area contributed by atoms with Crippen molar-refractivity contribution < 1.29 is 14.3 Å². The van der Waals surface area contributed by atoms with Crippen molar-refractivity contribution in [3.05, 3.63) is 83.6 Å². The monoisotopic (exact) mass is 406 g/mol. The number of ether oxygens (including phenoxy) is 1. The smallest absolute Gasteiger partial charge is 0.341 e. The summed E-state index contributed by atoms with van der Waals surface area (Å²) in [6, 6.07) is 18.7. The quantitative estimate of drug-likeness (QED) is 0.581. The summed E-state index contributed by atoms with van der Waals surface area (Å²) in [5.74, 6) is -0.966. The molecule has 3 rings (SSSR count). The molecular formula is C23H22N2O3S. The van der Waals surface area contributed by atoms with Crippen LogP contribution in [0, 0.1) is 13.8 Å². The van der Waals surface area contributed by atoms with Gasteiger partial charge in [-0.3, -0.25) is 4.79 Å². The van der Waals surface area contributed by atoms with E-state index in [4.69, 9.17) is 4.74 Å². The SMILES string of the molecule is Cc1ccc(NC(=O)C(C)OC(=O)c2cccnc2Sc2ccccc2)c(C)c1. The first-order chi connectivity index (χ1) is 13.9. The van der Waals surface area contributed by atoms with Crippen LogP contribution in [-0.4, -0.2) is 23.0 Å². The fourth-order valence-corrected chi connectivity index (χ4v) is 3.58. The van der Waals surface area contributed by atoms with Gasteiger partial charge in [0.25, 0.3) is 5.91 Å². The summed E-state index contributed by atoms with van der Waals surface area (Å²) >= 11 is 1.37. The Morgan fingerprint density at radius 2 is 1.79 bits per heavy atom. The Morgan fingerprint density at radius 1 is 1.03 bits per heavy atom. The number of amides is 1. The number of pyridine rings is 1. The highest BCUT2D eigenvalue weighted by molar-refractivity contribution is 7.99. The van der Waals surface area contributed by atoms with Gasteiger partial charge in [-0.1, -0.05) is 47.7 Å². The number of hydrogen-bond acceptors (Lipinski definition) is 5. The number of carbonyl (C=O) groups is 2. The van der Waals surface area contributed by atoms with Crippen LogP contribution in [0.2, 0.25) is 0 Å². The molecule has 1 N–H and O–H groups in total. The first-order valence-corrected chi connectivity index (χ1v) is 10.0. The fourth-order valence-electron chi connectivity index (χ4n) is 2.69. The van der Waals surface area contributed by atoms with Crippen LogP contribution in [0.25, 0.3) is 0 Å². The molecular weight excluding hydrogens is 384 g/mol. The lowest BCUT2D eigenvalue weighted by Crippen LogP contribution is -2.30. The lowest BCUT2D eigenvalue weighted by atomic mass is 10.1. The Kier molecular flexibility index (Phi) is 6.67. The van der Waals surface area contributed by atoms with Gasteiger partial charge in [-0.25, -0.2) is 9.78 Å². The van der Waals surface area contributed by atoms with Gasteiger partial charge in [0.1, 0.15) is 5.03 Å². The minimum absolute atomic E-state index is 0.326. The summed E-state index contributed by atoms with van der Waals surface area (Å²) in [5.41, 5.74) is 3.09. The Balaban J connectivity index is 1.69. The van der Waals surface area contributed by atoms with Crippen molar-refractivity contribution in [2.75, 3.05) is 5.32 Å². The molecule has 1 amide bonds. The normalized spacial score (nSPS) is 11.6. The van der Waals surface area contributed by atoms with Crippen molar-refractivity contribution in [2.45, 2.75) is 36.8 Å². The van der Waals surface area contributed by atoms with E-state index >= 15 is 0 Å². The molecule has 3 aromatic rings. The number of aryl methyl sites for hydroxylation is 2. The average molecular weight is 407 g/mol. The molecule has 0 spiro atoms. The average Bonchev–Trinajstić information content (AvgIpc) is 2.71. The summed E-state index contributed by atoms with van der Waals surface area (Å²) in [6.45, 7) is 5.46. The van der Waals surface area contributed by atoms with Gasteiger partial charge in [-0.15, -0.1) is 0 Å². The Labute approximate surface area is 174 Å². The van der Waals surface area contributed by atoms with Crippen molar-refractivity contribution in [3.8, 4) is 0 Å². The van der Waals surface area contributed by atoms with E-state index in [1.54, 1.807) is 25.3 Å². The molecule has 2 aromatic carbocycles. The minimum Gasteiger partial charge on any atom is -0.449 e. The zero-order chi connectivity index (χ0) is 20.8. The highest BCUT2D eigenvalue weighted by atomic mass is 32.2. The number of benzene rings is 2. The molecule has 0 aliphatic heterocycles. The van der Waals surface area contributed by atoms with Gasteiger partial charge in [0.2, 0.25) is 0 Å². The second-order valence-corrected chi connectivity index (χ2v) is 7.69. The lowest BCUT2D eigenvalue weighted by molar-refractivity contribution is -0.123. The van der Waals surface area contributed by atoms with Gasteiger partial charge in [0.15, 0.2) is 6.10 Å².